The fourth-order valence-corrected chi connectivity index (χ4v) is 2.56. The third-order valence-electron chi connectivity index (χ3n) is 3.01. The maximum atomic E-state index is 11.7. The van der Waals surface area contributed by atoms with Gasteiger partial charge >= 0.3 is 6.03 Å². The minimum absolute atomic E-state index is 0.0392. The number of amides is 2. The maximum Gasteiger partial charge on any atom is 0.315 e. The lowest BCUT2D eigenvalue weighted by Gasteiger charge is -2.11. The fourth-order valence-electron chi connectivity index (χ4n) is 1.85. The van der Waals surface area contributed by atoms with Crippen LogP contribution in [-0.4, -0.2) is 22.6 Å². The van der Waals surface area contributed by atoms with Gasteiger partial charge < -0.3 is 15.7 Å². The molecule has 1 unspecified atom stereocenters. The van der Waals surface area contributed by atoms with Crippen molar-refractivity contribution in [1.29, 1.82) is 0 Å². The van der Waals surface area contributed by atoms with Crippen LogP contribution in [0, 0.1) is 10.1 Å². The molecule has 0 aliphatic rings. The molecule has 3 N–H and O–H groups in total. The Morgan fingerprint density at radius 1 is 1.32 bits per heavy atom. The second-order valence-electron chi connectivity index (χ2n) is 4.52. The van der Waals surface area contributed by atoms with Crippen LogP contribution in [0.15, 0.2) is 41.1 Å². The minimum atomic E-state index is -0.775. The quantitative estimate of drug-likeness (QED) is 0.560. The number of aliphatic hydroxyl groups is 1. The van der Waals surface area contributed by atoms with Gasteiger partial charge in [-0.25, -0.2) is 4.79 Å². The second-order valence-corrected chi connectivity index (χ2v) is 5.30. The number of nitro benzene ring substituents is 1. The van der Waals surface area contributed by atoms with Crippen molar-refractivity contribution < 1.29 is 14.8 Å². The Morgan fingerprint density at radius 2 is 2.09 bits per heavy atom. The molecule has 1 aromatic carbocycles. The van der Waals surface area contributed by atoms with Gasteiger partial charge in [-0.3, -0.25) is 10.1 Å². The summed E-state index contributed by atoms with van der Waals surface area (Å²) in [6.07, 6.45) is -0.775. The first-order valence-electron chi connectivity index (χ1n) is 6.52. The van der Waals surface area contributed by atoms with Gasteiger partial charge in [0, 0.05) is 18.2 Å². The van der Waals surface area contributed by atoms with Crippen molar-refractivity contribution >= 4 is 23.1 Å². The van der Waals surface area contributed by atoms with Crippen LogP contribution < -0.4 is 10.6 Å². The molecular weight excluding hydrogens is 306 g/mol. The van der Waals surface area contributed by atoms with Gasteiger partial charge in [0.15, 0.2) is 0 Å². The Hall–Kier alpha value is -2.45. The van der Waals surface area contributed by atoms with Gasteiger partial charge in [-0.1, -0.05) is 18.2 Å². The number of nitrogens with one attached hydrogen (secondary N) is 2. The van der Waals surface area contributed by atoms with Crippen LogP contribution in [0.1, 0.15) is 17.2 Å². The van der Waals surface area contributed by atoms with Gasteiger partial charge in [0.25, 0.3) is 5.69 Å². The van der Waals surface area contributed by atoms with Crippen molar-refractivity contribution in [2.75, 3.05) is 6.54 Å². The van der Waals surface area contributed by atoms with Gasteiger partial charge in [0.2, 0.25) is 0 Å². The van der Waals surface area contributed by atoms with Gasteiger partial charge in [-0.15, -0.1) is 0 Å². The smallest absolute Gasteiger partial charge is 0.315 e. The second kappa shape index (κ2) is 7.53. The summed E-state index contributed by atoms with van der Waals surface area (Å²) in [6.45, 7) is 0.108. The molecule has 1 atom stereocenters. The van der Waals surface area contributed by atoms with E-state index in [1.165, 1.54) is 17.4 Å². The Kier molecular flexibility index (Phi) is 5.45. The summed E-state index contributed by atoms with van der Waals surface area (Å²) >= 11 is 1.46. The average Bonchev–Trinajstić information content (AvgIpc) is 3.05. The Labute approximate surface area is 130 Å². The van der Waals surface area contributed by atoms with Crippen LogP contribution in [0.4, 0.5) is 10.5 Å². The summed E-state index contributed by atoms with van der Waals surface area (Å²) in [5.41, 5.74) is 1.12. The van der Waals surface area contributed by atoms with Gasteiger partial charge in [-0.05, 0) is 22.4 Å². The number of rotatable bonds is 6. The lowest BCUT2D eigenvalue weighted by atomic mass is 10.2. The third-order valence-corrected chi connectivity index (χ3v) is 3.71. The minimum Gasteiger partial charge on any atom is -0.387 e. The van der Waals surface area contributed by atoms with Crippen LogP contribution in [0.5, 0.6) is 0 Å². The molecule has 2 aromatic rings. The molecule has 0 saturated heterocycles. The Morgan fingerprint density at radius 3 is 2.77 bits per heavy atom. The number of hydrogen-bond acceptors (Lipinski definition) is 5. The first-order valence-corrected chi connectivity index (χ1v) is 7.46. The molecular formula is C14H15N3O4S. The van der Waals surface area contributed by atoms with E-state index < -0.39 is 17.1 Å². The molecule has 0 aliphatic heterocycles. The van der Waals surface area contributed by atoms with Gasteiger partial charge in [0.05, 0.1) is 17.6 Å². The van der Waals surface area contributed by atoms with Crippen molar-refractivity contribution in [3.63, 3.8) is 0 Å². The van der Waals surface area contributed by atoms with E-state index in [4.69, 9.17) is 0 Å². The van der Waals surface area contributed by atoms with Crippen LogP contribution in [-0.2, 0) is 6.54 Å². The predicted octanol–water partition coefficient (Wildman–Crippen LogP) is 2.19. The Bertz CT molecular complexity index is 645. The Balaban J connectivity index is 1.82. The van der Waals surface area contributed by atoms with Crippen molar-refractivity contribution in [3.05, 3.63) is 62.3 Å². The highest BCUT2D eigenvalue weighted by molar-refractivity contribution is 7.07. The van der Waals surface area contributed by atoms with E-state index in [0.717, 1.165) is 5.56 Å². The number of carbonyl (C=O) groups excluding carboxylic acids is 1. The summed E-state index contributed by atoms with van der Waals surface area (Å²) in [4.78, 5) is 22.0. The maximum absolute atomic E-state index is 11.7. The SMILES string of the molecule is O=C(NCc1ccccc1[N+](=O)[O-])NCC(O)c1ccsc1. The normalized spacial score (nSPS) is 11.7. The van der Waals surface area contributed by atoms with Crippen LogP contribution in [0.3, 0.4) is 0 Å². The number of nitrogens with zero attached hydrogens (tertiary/aromatic N) is 1. The summed E-state index contributed by atoms with van der Waals surface area (Å²) in [7, 11) is 0. The molecule has 8 heteroatoms. The molecule has 0 spiro atoms. The number of hydrogen-bond donors (Lipinski definition) is 3. The van der Waals surface area contributed by atoms with Crippen LogP contribution in [0.2, 0.25) is 0 Å². The lowest BCUT2D eigenvalue weighted by molar-refractivity contribution is -0.385. The van der Waals surface area contributed by atoms with E-state index in [1.54, 1.807) is 29.6 Å². The average molecular weight is 321 g/mol. The highest BCUT2D eigenvalue weighted by atomic mass is 32.1. The number of aliphatic hydroxyl groups excluding tert-OH is 1. The zero-order chi connectivity index (χ0) is 15.9. The summed E-state index contributed by atoms with van der Waals surface area (Å²) in [5.74, 6) is 0. The summed E-state index contributed by atoms with van der Waals surface area (Å²) in [5, 5.41) is 29.4. The molecule has 1 heterocycles. The number of thiophene rings is 1. The van der Waals surface area contributed by atoms with E-state index >= 15 is 0 Å². The first-order chi connectivity index (χ1) is 10.6. The van der Waals surface area contributed by atoms with E-state index in [1.807, 2.05) is 5.38 Å². The number of nitro groups is 1. The molecule has 2 amide bonds. The molecule has 0 fully saturated rings. The summed E-state index contributed by atoms with van der Waals surface area (Å²) < 4.78 is 0. The van der Waals surface area contributed by atoms with E-state index in [9.17, 15) is 20.0 Å². The number of carbonyl (C=O) groups is 1. The number of para-hydroxylation sites is 1. The van der Waals surface area contributed by atoms with Crippen molar-refractivity contribution in [1.82, 2.24) is 10.6 Å². The van der Waals surface area contributed by atoms with Crippen molar-refractivity contribution in [2.45, 2.75) is 12.6 Å². The van der Waals surface area contributed by atoms with E-state index in [2.05, 4.69) is 10.6 Å². The third kappa shape index (κ3) is 4.27. The topological polar surface area (TPSA) is 104 Å². The largest absolute Gasteiger partial charge is 0.387 e. The highest BCUT2D eigenvalue weighted by Gasteiger charge is 2.13. The monoisotopic (exact) mass is 321 g/mol. The van der Waals surface area contributed by atoms with Crippen LogP contribution >= 0.6 is 11.3 Å². The standard InChI is InChI=1S/C14H15N3O4S/c18-13(11-5-6-22-9-11)8-16-14(19)15-7-10-3-1-2-4-12(10)17(20)21/h1-6,9,13,18H,7-8H2,(H2,15,16,19). The molecule has 2 rings (SSSR count). The molecule has 7 nitrogen and oxygen atoms in total. The molecule has 22 heavy (non-hydrogen) atoms. The van der Waals surface area contributed by atoms with E-state index in [-0.39, 0.29) is 18.8 Å². The van der Waals surface area contributed by atoms with Gasteiger partial charge in [-0.2, -0.15) is 11.3 Å². The van der Waals surface area contributed by atoms with Crippen molar-refractivity contribution in [3.8, 4) is 0 Å². The molecule has 1 aromatic heterocycles. The van der Waals surface area contributed by atoms with Gasteiger partial charge in [0.1, 0.15) is 0 Å². The predicted molar refractivity (Wildman–Crippen MR) is 82.6 cm³/mol. The lowest BCUT2D eigenvalue weighted by Crippen LogP contribution is -2.37. The fraction of sp³-hybridized carbons (Fsp3) is 0.214. The van der Waals surface area contributed by atoms with Crippen molar-refractivity contribution in [2.24, 2.45) is 0 Å². The highest BCUT2D eigenvalue weighted by Crippen LogP contribution is 2.17. The molecule has 0 radical (unpaired) electrons. The van der Waals surface area contributed by atoms with E-state index in [0.29, 0.717) is 5.56 Å². The molecule has 0 saturated carbocycles. The van der Waals surface area contributed by atoms with Crippen LogP contribution in [0.25, 0.3) is 0 Å². The summed E-state index contributed by atoms with van der Waals surface area (Å²) in [6, 6.07) is 7.49. The number of benzene rings is 1. The first kappa shape index (κ1) is 15.9. The zero-order valence-corrected chi connectivity index (χ0v) is 12.4. The molecule has 0 aliphatic carbocycles. The zero-order valence-electron chi connectivity index (χ0n) is 11.6. The number of urea groups is 1. The molecule has 0 bridgehead atoms. The molecule has 116 valence electrons.